The van der Waals surface area contributed by atoms with Crippen LogP contribution in [0, 0.1) is 6.92 Å². The van der Waals surface area contributed by atoms with Crippen LogP contribution < -0.4 is 5.32 Å². The quantitative estimate of drug-likeness (QED) is 0.626. The van der Waals surface area contributed by atoms with Gasteiger partial charge in [0.2, 0.25) is 0 Å². The molecule has 3 aromatic rings. The summed E-state index contributed by atoms with van der Waals surface area (Å²) >= 11 is 6.03. The standard InChI is InChI=1S/C22H18ClNO3/c1-15-7-12-19(13-20(15)23)24-21(25)14-27-22(26)18-10-8-17(9-11-18)16-5-3-2-4-6-16/h2-13H,14H2,1H3,(H,24,25). The van der Waals surface area contributed by atoms with Gasteiger partial charge in [0.25, 0.3) is 5.91 Å². The van der Waals surface area contributed by atoms with Crippen LogP contribution in [0.2, 0.25) is 5.02 Å². The van der Waals surface area contributed by atoms with E-state index in [0.29, 0.717) is 16.3 Å². The number of carbonyl (C=O) groups is 2. The van der Waals surface area contributed by atoms with E-state index in [1.54, 1.807) is 30.3 Å². The van der Waals surface area contributed by atoms with Gasteiger partial charge in [-0.2, -0.15) is 0 Å². The fourth-order valence-electron chi connectivity index (χ4n) is 2.51. The molecule has 1 amide bonds. The van der Waals surface area contributed by atoms with Crippen molar-refractivity contribution in [1.29, 1.82) is 0 Å². The highest BCUT2D eigenvalue weighted by Gasteiger charge is 2.11. The first kappa shape index (κ1) is 18.7. The fourth-order valence-corrected chi connectivity index (χ4v) is 2.69. The van der Waals surface area contributed by atoms with Crippen LogP contribution in [0.4, 0.5) is 5.69 Å². The molecule has 5 heteroatoms. The van der Waals surface area contributed by atoms with Crippen molar-refractivity contribution in [3.8, 4) is 11.1 Å². The zero-order chi connectivity index (χ0) is 19.2. The van der Waals surface area contributed by atoms with E-state index < -0.39 is 11.9 Å². The number of benzene rings is 3. The Morgan fingerprint density at radius 1 is 0.926 bits per heavy atom. The molecule has 27 heavy (non-hydrogen) atoms. The van der Waals surface area contributed by atoms with E-state index in [0.717, 1.165) is 16.7 Å². The topological polar surface area (TPSA) is 55.4 Å². The molecule has 136 valence electrons. The molecule has 4 nitrogen and oxygen atoms in total. The minimum Gasteiger partial charge on any atom is -0.452 e. The molecule has 0 radical (unpaired) electrons. The molecule has 3 aromatic carbocycles. The third-order valence-electron chi connectivity index (χ3n) is 4.02. The minimum absolute atomic E-state index is 0.370. The summed E-state index contributed by atoms with van der Waals surface area (Å²) in [7, 11) is 0. The molecule has 0 heterocycles. The molecule has 0 aliphatic heterocycles. The van der Waals surface area contributed by atoms with Gasteiger partial charge in [-0.25, -0.2) is 4.79 Å². The Morgan fingerprint density at radius 3 is 2.26 bits per heavy atom. The molecular formula is C22H18ClNO3. The predicted molar refractivity (Wildman–Crippen MR) is 107 cm³/mol. The summed E-state index contributed by atoms with van der Waals surface area (Å²) in [4.78, 5) is 24.1. The maximum Gasteiger partial charge on any atom is 0.338 e. The highest BCUT2D eigenvalue weighted by atomic mass is 35.5. The molecule has 0 spiro atoms. The fraction of sp³-hybridized carbons (Fsp3) is 0.0909. The van der Waals surface area contributed by atoms with Gasteiger partial charge in [0.15, 0.2) is 6.61 Å². The maximum atomic E-state index is 12.1. The van der Waals surface area contributed by atoms with E-state index in [9.17, 15) is 9.59 Å². The molecule has 0 aromatic heterocycles. The molecule has 0 unspecified atom stereocenters. The normalized spacial score (nSPS) is 10.3. The van der Waals surface area contributed by atoms with Crippen LogP contribution in [0.1, 0.15) is 15.9 Å². The molecular weight excluding hydrogens is 362 g/mol. The second kappa shape index (κ2) is 8.52. The lowest BCUT2D eigenvalue weighted by Gasteiger charge is -2.08. The van der Waals surface area contributed by atoms with Crippen LogP contribution in [0.5, 0.6) is 0 Å². The van der Waals surface area contributed by atoms with E-state index in [1.807, 2.05) is 49.4 Å². The van der Waals surface area contributed by atoms with Crippen LogP contribution >= 0.6 is 11.6 Å². The van der Waals surface area contributed by atoms with E-state index in [2.05, 4.69) is 5.32 Å². The zero-order valence-corrected chi connectivity index (χ0v) is 15.5. The van der Waals surface area contributed by atoms with Gasteiger partial charge in [-0.3, -0.25) is 4.79 Å². The van der Waals surface area contributed by atoms with Gasteiger partial charge in [-0.05, 0) is 47.9 Å². The van der Waals surface area contributed by atoms with Crippen LogP contribution in [-0.4, -0.2) is 18.5 Å². The molecule has 1 N–H and O–H groups in total. The number of carbonyl (C=O) groups excluding carboxylic acids is 2. The number of esters is 1. The van der Waals surface area contributed by atoms with Crippen molar-refractivity contribution in [3.05, 3.63) is 88.9 Å². The van der Waals surface area contributed by atoms with E-state index in [4.69, 9.17) is 16.3 Å². The predicted octanol–water partition coefficient (Wildman–Crippen LogP) is 5.11. The average molecular weight is 380 g/mol. The largest absolute Gasteiger partial charge is 0.452 e. The van der Waals surface area contributed by atoms with Crippen molar-refractivity contribution >= 4 is 29.2 Å². The Hall–Kier alpha value is -3.11. The number of ether oxygens (including phenoxy) is 1. The second-order valence-electron chi connectivity index (χ2n) is 6.03. The van der Waals surface area contributed by atoms with Crippen LogP contribution in [0.3, 0.4) is 0 Å². The summed E-state index contributed by atoms with van der Waals surface area (Å²) in [5.74, 6) is -0.976. The smallest absolute Gasteiger partial charge is 0.338 e. The third-order valence-corrected chi connectivity index (χ3v) is 4.42. The Bertz CT molecular complexity index is 953. The Labute approximate surface area is 162 Å². The molecule has 0 atom stereocenters. The Kier molecular flexibility index (Phi) is 5.89. The zero-order valence-electron chi connectivity index (χ0n) is 14.7. The number of rotatable bonds is 5. The lowest BCUT2D eigenvalue weighted by Crippen LogP contribution is -2.20. The molecule has 0 saturated carbocycles. The van der Waals surface area contributed by atoms with Crippen molar-refractivity contribution in [3.63, 3.8) is 0 Å². The lowest BCUT2D eigenvalue weighted by atomic mass is 10.0. The van der Waals surface area contributed by atoms with Crippen molar-refractivity contribution in [2.45, 2.75) is 6.92 Å². The first-order valence-electron chi connectivity index (χ1n) is 8.41. The average Bonchev–Trinajstić information content (AvgIpc) is 2.70. The van der Waals surface area contributed by atoms with Gasteiger partial charge in [0.1, 0.15) is 0 Å². The van der Waals surface area contributed by atoms with Gasteiger partial charge in [0, 0.05) is 10.7 Å². The monoisotopic (exact) mass is 379 g/mol. The number of nitrogens with one attached hydrogen (secondary N) is 1. The first-order valence-corrected chi connectivity index (χ1v) is 8.79. The van der Waals surface area contributed by atoms with Gasteiger partial charge in [-0.15, -0.1) is 0 Å². The van der Waals surface area contributed by atoms with E-state index >= 15 is 0 Å². The summed E-state index contributed by atoms with van der Waals surface area (Å²) in [6.45, 7) is 1.50. The number of aryl methyl sites for hydroxylation is 1. The SMILES string of the molecule is Cc1ccc(NC(=O)COC(=O)c2ccc(-c3ccccc3)cc2)cc1Cl. The summed E-state index contributed by atoms with van der Waals surface area (Å²) < 4.78 is 5.08. The Morgan fingerprint density at radius 2 is 1.59 bits per heavy atom. The van der Waals surface area contributed by atoms with E-state index in [1.165, 1.54) is 0 Å². The minimum atomic E-state index is -0.549. The number of halogens is 1. The van der Waals surface area contributed by atoms with E-state index in [-0.39, 0.29) is 6.61 Å². The van der Waals surface area contributed by atoms with Crippen molar-refractivity contribution in [1.82, 2.24) is 0 Å². The van der Waals surface area contributed by atoms with Gasteiger partial charge in [-0.1, -0.05) is 60.1 Å². The molecule has 0 aliphatic carbocycles. The number of hydrogen-bond donors (Lipinski definition) is 1. The molecule has 0 saturated heterocycles. The van der Waals surface area contributed by atoms with Gasteiger partial charge in [0.05, 0.1) is 5.56 Å². The number of amides is 1. The number of anilines is 1. The second-order valence-corrected chi connectivity index (χ2v) is 6.44. The summed E-state index contributed by atoms with van der Waals surface area (Å²) in [6, 6.07) is 22.1. The third kappa shape index (κ3) is 4.96. The van der Waals surface area contributed by atoms with Crippen LogP contribution in [0.15, 0.2) is 72.8 Å². The van der Waals surface area contributed by atoms with Crippen molar-refractivity contribution in [2.75, 3.05) is 11.9 Å². The number of hydrogen-bond acceptors (Lipinski definition) is 3. The molecule has 3 rings (SSSR count). The maximum absolute atomic E-state index is 12.1. The lowest BCUT2D eigenvalue weighted by molar-refractivity contribution is -0.119. The van der Waals surface area contributed by atoms with Gasteiger partial charge >= 0.3 is 5.97 Å². The molecule has 0 fully saturated rings. The molecule has 0 aliphatic rings. The highest BCUT2D eigenvalue weighted by molar-refractivity contribution is 6.31. The van der Waals surface area contributed by atoms with Gasteiger partial charge < -0.3 is 10.1 Å². The van der Waals surface area contributed by atoms with Crippen molar-refractivity contribution < 1.29 is 14.3 Å². The first-order chi connectivity index (χ1) is 13.0. The van der Waals surface area contributed by atoms with Crippen LogP contribution in [-0.2, 0) is 9.53 Å². The Balaban J connectivity index is 1.55. The highest BCUT2D eigenvalue weighted by Crippen LogP contribution is 2.21. The summed E-state index contributed by atoms with van der Waals surface area (Å²) in [5, 5.41) is 3.21. The summed E-state index contributed by atoms with van der Waals surface area (Å²) in [5.41, 5.74) is 3.93. The van der Waals surface area contributed by atoms with Crippen LogP contribution in [0.25, 0.3) is 11.1 Å². The summed E-state index contributed by atoms with van der Waals surface area (Å²) in [6.07, 6.45) is 0. The molecule has 0 bridgehead atoms. The van der Waals surface area contributed by atoms with Crippen molar-refractivity contribution in [2.24, 2.45) is 0 Å².